The van der Waals surface area contributed by atoms with E-state index in [-0.39, 0.29) is 5.56 Å². The van der Waals surface area contributed by atoms with Crippen LogP contribution in [-0.4, -0.2) is 16.5 Å². The Labute approximate surface area is 116 Å². The van der Waals surface area contributed by atoms with Crippen molar-refractivity contribution >= 4 is 11.8 Å². The van der Waals surface area contributed by atoms with Crippen LogP contribution in [0, 0.1) is 0 Å². The minimum atomic E-state index is -0.0920. The van der Waals surface area contributed by atoms with E-state index in [1.807, 2.05) is 30.3 Å². The third kappa shape index (κ3) is 4.54. The molecular weight excluding hydrogens is 258 g/mol. The molecule has 0 radical (unpaired) electrons. The fraction of sp³-hybridized carbons (Fsp3) is 0.286. The highest BCUT2D eigenvalue weighted by atomic mass is 32.2. The highest BCUT2D eigenvalue weighted by molar-refractivity contribution is 7.98. The van der Waals surface area contributed by atoms with E-state index < -0.39 is 0 Å². The topological polar surface area (TPSA) is 71.8 Å². The minimum absolute atomic E-state index is 0.0920. The molecule has 3 N–H and O–H groups in total. The monoisotopic (exact) mass is 275 g/mol. The van der Waals surface area contributed by atoms with Gasteiger partial charge >= 0.3 is 0 Å². The first-order valence-electron chi connectivity index (χ1n) is 6.25. The van der Waals surface area contributed by atoms with Gasteiger partial charge in [0.2, 0.25) is 0 Å². The van der Waals surface area contributed by atoms with Crippen LogP contribution < -0.4 is 11.3 Å². The molecule has 0 saturated heterocycles. The lowest BCUT2D eigenvalue weighted by atomic mass is 10.2. The molecule has 4 nitrogen and oxygen atoms in total. The van der Waals surface area contributed by atoms with Crippen LogP contribution in [0.1, 0.15) is 17.9 Å². The number of nitrogens with zero attached hydrogens (tertiary/aromatic N) is 1. The predicted molar refractivity (Wildman–Crippen MR) is 78.2 cm³/mol. The summed E-state index contributed by atoms with van der Waals surface area (Å²) in [7, 11) is 0. The molecule has 0 bridgehead atoms. The summed E-state index contributed by atoms with van der Waals surface area (Å²) in [5, 5.41) is 0. The number of aromatic amines is 1. The van der Waals surface area contributed by atoms with Crippen molar-refractivity contribution in [1.82, 2.24) is 9.97 Å². The fourth-order valence-electron chi connectivity index (χ4n) is 1.71. The number of hydrogen-bond donors (Lipinski definition) is 2. The van der Waals surface area contributed by atoms with E-state index in [0.29, 0.717) is 18.1 Å². The molecular formula is C14H17N3OS. The van der Waals surface area contributed by atoms with E-state index in [1.165, 1.54) is 0 Å². The first-order valence-corrected chi connectivity index (χ1v) is 7.23. The number of H-pyrrole nitrogens is 1. The van der Waals surface area contributed by atoms with Gasteiger partial charge in [0, 0.05) is 16.7 Å². The van der Waals surface area contributed by atoms with E-state index >= 15 is 0 Å². The Kier molecular flexibility index (Phi) is 5.18. The average Bonchev–Trinajstić information content (AvgIpc) is 2.43. The molecule has 1 aromatic heterocycles. The number of hydrogen-bond acceptors (Lipinski definition) is 4. The SMILES string of the molecule is NCCCc1cc(=O)[nH]c(CSc2ccccc2)n1. The van der Waals surface area contributed by atoms with Gasteiger partial charge in [-0.05, 0) is 31.5 Å². The molecule has 0 atom stereocenters. The summed E-state index contributed by atoms with van der Waals surface area (Å²) in [6, 6.07) is 11.6. The Bertz CT molecular complexity index is 568. The van der Waals surface area contributed by atoms with Crippen LogP contribution in [0.2, 0.25) is 0 Å². The summed E-state index contributed by atoms with van der Waals surface area (Å²) >= 11 is 1.66. The number of thioether (sulfide) groups is 1. The Hall–Kier alpha value is -1.59. The lowest BCUT2D eigenvalue weighted by molar-refractivity contribution is 0.793. The molecule has 0 aliphatic heterocycles. The maximum Gasteiger partial charge on any atom is 0.251 e. The third-order valence-corrected chi connectivity index (χ3v) is 3.62. The number of benzene rings is 1. The molecule has 0 aliphatic carbocycles. The number of aromatic nitrogens is 2. The summed E-state index contributed by atoms with van der Waals surface area (Å²) in [5.41, 5.74) is 6.19. The number of nitrogens with two attached hydrogens (primary N) is 1. The number of aryl methyl sites for hydroxylation is 1. The van der Waals surface area contributed by atoms with Gasteiger partial charge in [-0.25, -0.2) is 4.98 Å². The van der Waals surface area contributed by atoms with Gasteiger partial charge in [-0.1, -0.05) is 18.2 Å². The van der Waals surface area contributed by atoms with E-state index in [0.717, 1.165) is 23.4 Å². The Balaban J connectivity index is 2.03. The lowest BCUT2D eigenvalue weighted by Crippen LogP contribution is -2.13. The van der Waals surface area contributed by atoms with Crippen molar-refractivity contribution in [2.24, 2.45) is 5.73 Å². The van der Waals surface area contributed by atoms with Crippen molar-refractivity contribution in [1.29, 1.82) is 0 Å². The summed E-state index contributed by atoms with van der Waals surface area (Å²) in [6.45, 7) is 0.614. The third-order valence-electron chi connectivity index (χ3n) is 2.60. The fourth-order valence-corrected chi connectivity index (χ4v) is 2.50. The van der Waals surface area contributed by atoms with Gasteiger partial charge in [0.05, 0.1) is 5.75 Å². The zero-order valence-electron chi connectivity index (χ0n) is 10.6. The molecule has 1 heterocycles. The molecule has 0 fully saturated rings. The first-order chi connectivity index (χ1) is 9.28. The quantitative estimate of drug-likeness (QED) is 0.790. The molecule has 0 amide bonds. The van der Waals surface area contributed by atoms with E-state index in [1.54, 1.807) is 17.8 Å². The van der Waals surface area contributed by atoms with Gasteiger partial charge in [-0.15, -0.1) is 11.8 Å². The van der Waals surface area contributed by atoms with Crippen LogP contribution in [0.5, 0.6) is 0 Å². The molecule has 0 saturated carbocycles. The second kappa shape index (κ2) is 7.11. The van der Waals surface area contributed by atoms with Crippen molar-refractivity contribution in [3.63, 3.8) is 0 Å². The maximum absolute atomic E-state index is 11.5. The maximum atomic E-state index is 11.5. The zero-order valence-corrected chi connectivity index (χ0v) is 11.5. The smallest absolute Gasteiger partial charge is 0.251 e. The minimum Gasteiger partial charge on any atom is -0.330 e. The zero-order chi connectivity index (χ0) is 13.5. The van der Waals surface area contributed by atoms with Crippen LogP contribution >= 0.6 is 11.8 Å². The van der Waals surface area contributed by atoms with Crippen molar-refractivity contribution in [3.8, 4) is 0 Å². The summed E-state index contributed by atoms with van der Waals surface area (Å²) in [5.74, 6) is 1.38. The molecule has 19 heavy (non-hydrogen) atoms. The van der Waals surface area contributed by atoms with Crippen LogP contribution in [0.15, 0.2) is 46.1 Å². The molecule has 2 rings (SSSR count). The van der Waals surface area contributed by atoms with Gasteiger partial charge in [-0.3, -0.25) is 4.79 Å². The second-order valence-electron chi connectivity index (χ2n) is 4.18. The Morgan fingerprint density at radius 2 is 2.05 bits per heavy atom. The highest BCUT2D eigenvalue weighted by Crippen LogP contribution is 2.20. The molecule has 5 heteroatoms. The standard InChI is InChI=1S/C14H17N3OS/c15-8-4-5-11-9-14(18)17-13(16-11)10-19-12-6-2-1-3-7-12/h1-3,6-7,9H,4-5,8,10,15H2,(H,16,17,18). The Morgan fingerprint density at radius 1 is 1.26 bits per heavy atom. The summed E-state index contributed by atoms with van der Waals surface area (Å²) in [4.78, 5) is 19.9. The van der Waals surface area contributed by atoms with Gasteiger partial charge in [-0.2, -0.15) is 0 Å². The van der Waals surface area contributed by atoms with E-state index in [9.17, 15) is 4.79 Å². The van der Waals surface area contributed by atoms with E-state index in [4.69, 9.17) is 5.73 Å². The van der Waals surface area contributed by atoms with Crippen molar-refractivity contribution < 1.29 is 0 Å². The second-order valence-corrected chi connectivity index (χ2v) is 5.23. The highest BCUT2D eigenvalue weighted by Gasteiger charge is 2.02. The van der Waals surface area contributed by atoms with Gasteiger partial charge in [0.15, 0.2) is 0 Å². The van der Waals surface area contributed by atoms with Gasteiger partial charge in [0.1, 0.15) is 5.82 Å². The first kappa shape index (κ1) is 13.8. The molecule has 1 aromatic carbocycles. The molecule has 0 spiro atoms. The largest absolute Gasteiger partial charge is 0.330 e. The van der Waals surface area contributed by atoms with Gasteiger partial charge < -0.3 is 10.7 Å². The summed E-state index contributed by atoms with van der Waals surface area (Å²) < 4.78 is 0. The molecule has 0 unspecified atom stereocenters. The molecule has 2 aromatic rings. The van der Waals surface area contributed by atoms with Crippen LogP contribution in [0.4, 0.5) is 0 Å². The normalized spacial score (nSPS) is 10.6. The summed E-state index contributed by atoms with van der Waals surface area (Å²) in [6.07, 6.45) is 1.60. The Morgan fingerprint density at radius 3 is 2.79 bits per heavy atom. The van der Waals surface area contributed by atoms with Crippen molar-refractivity contribution in [2.75, 3.05) is 6.54 Å². The van der Waals surface area contributed by atoms with Crippen LogP contribution in [-0.2, 0) is 12.2 Å². The predicted octanol–water partition coefficient (Wildman–Crippen LogP) is 1.95. The molecule has 100 valence electrons. The number of rotatable bonds is 6. The van der Waals surface area contributed by atoms with E-state index in [2.05, 4.69) is 9.97 Å². The lowest BCUT2D eigenvalue weighted by Gasteiger charge is -2.04. The number of nitrogens with one attached hydrogen (secondary N) is 1. The van der Waals surface area contributed by atoms with Crippen molar-refractivity contribution in [3.05, 3.63) is 58.3 Å². The molecule has 0 aliphatic rings. The van der Waals surface area contributed by atoms with Crippen LogP contribution in [0.25, 0.3) is 0 Å². The van der Waals surface area contributed by atoms with Gasteiger partial charge in [0.25, 0.3) is 5.56 Å². The average molecular weight is 275 g/mol. The van der Waals surface area contributed by atoms with Crippen molar-refractivity contribution in [2.45, 2.75) is 23.5 Å². The van der Waals surface area contributed by atoms with Crippen LogP contribution in [0.3, 0.4) is 0 Å².